The van der Waals surface area contributed by atoms with Crippen LogP contribution in [0, 0.1) is 0 Å². The summed E-state index contributed by atoms with van der Waals surface area (Å²) in [5, 5.41) is 6.10. The normalized spacial score (nSPS) is 15.5. The molecule has 0 saturated heterocycles. The molecule has 1 aromatic carbocycles. The van der Waals surface area contributed by atoms with Gasteiger partial charge in [0.25, 0.3) is 0 Å². The Labute approximate surface area is 153 Å². The summed E-state index contributed by atoms with van der Waals surface area (Å²) in [5.41, 5.74) is 1.55. The largest absolute Gasteiger partial charge is 0.356 e. The number of nitrogens with one attached hydrogen (secondary N) is 2. The van der Waals surface area contributed by atoms with Crippen molar-refractivity contribution in [2.45, 2.75) is 44.9 Å². The van der Waals surface area contributed by atoms with Crippen LogP contribution in [0.4, 0.5) is 11.6 Å². The Morgan fingerprint density at radius 2 is 1.96 bits per heavy atom. The smallest absolute Gasteiger partial charge is 0.232 e. The Morgan fingerprint density at radius 1 is 1.19 bits per heavy atom. The highest BCUT2D eigenvalue weighted by atomic mass is 16.2. The van der Waals surface area contributed by atoms with E-state index in [4.69, 9.17) is 0 Å². The maximum atomic E-state index is 12.7. The average molecular weight is 352 g/mol. The van der Waals surface area contributed by atoms with Gasteiger partial charge < -0.3 is 10.6 Å². The lowest BCUT2D eigenvalue weighted by Crippen LogP contribution is -2.43. The van der Waals surface area contributed by atoms with E-state index in [-0.39, 0.29) is 11.7 Å². The second kappa shape index (κ2) is 7.64. The second-order valence-electron chi connectivity index (χ2n) is 6.68. The number of amides is 1. The number of hydrogen-bond donors (Lipinski definition) is 2. The summed E-state index contributed by atoms with van der Waals surface area (Å²) in [4.78, 5) is 33.2. The summed E-state index contributed by atoms with van der Waals surface area (Å²) in [5.74, 6) is 0.476. The molecule has 2 aromatic rings. The zero-order valence-electron chi connectivity index (χ0n) is 15.2. The van der Waals surface area contributed by atoms with Gasteiger partial charge >= 0.3 is 0 Å². The minimum atomic E-state index is -0.573. The van der Waals surface area contributed by atoms with Gasteiger partial charge in [0.1, 0.15) is 0 Å². The molecule has 1 amide bonds. The van der Waals surface area contributed by atoms with Crippen LogP contribution in [0.1, 0.15) is 55.6 Å². The number of likely N-dealkylation sites (N-methyl/N-ethyl adjacent to an activating group) is 1. The molecule has 0 atom stereocenters. The van der Waals surface area contributed by atoms with Gasteiger partial charge in [-0.25, -0.2) is 9.97 Å². The van der Waals surface area contributed by atoms with Gasteiger partial charge in [-0.05, 0) is 44.9 Å². The van der Waals surface area contributed by atoms with Gasteiger partial charge in [0.15, 0.2) is 5.78 Å². The predicted molar refractivity (Wildman–Crippen MR) is 101 cm³/mol. The maximum absolute atomic E-state index is 12.7. The summed E-state index contributed by atoms with van der Waals surface area (Å²) in [6.45, 7) is 4.07. The monoisotopic (exact) mass is 352 g/mol. The fraction of sp³-hybridized carbons (Fsp3) is 0.400. The fourth-order valence-electron chi connectivity index (χ4n) is 3.54. The Hall–Kier alpha value is -2.76. The Morgan fingerprint density at radius 3 is 2.65 bits per heavy atom. The van der Waals surface area contributed by atoms with E-state index in [1.807, 2.05) is 25.1 Å². The van der Waals surface area contributed by atoms with Crippen LogP contribution in [0.3, 0.4) is 0 Å². The van der Waals surface area contributed by atoms with Crippen LogP contribution in [0.2, 0.25) is 0 Å². The van der Waals surface area contributed by atoms with Gasteiger partial charge in [0.2, 0.25) is 11.9 Å². The summed E-state index contributed by atoms with van der Waals surface area (Å²) < 4.78 is 0. The van der Waals surface area contributed by atoms with Gasteiger partial charge in [-0.2, -0.15) is 0 Å². The summed E-state index contributed by atoms with van der Waals surface area (Å²) in [6, 6.07) is 9.05. The minimum Gasteiger partial charge on any atom is -0.356 e. The van der Waals surface area contributed by atoms with E-state index in [1.54, 1.807) is 18.3 Å². The molecule has 3 rings (SSSR count). The quantitative estimate of drug-likeness (QED) is 0.779. The third kappa shape index (κ3) is 3.59. The van der Waals surface area contributed by atoms with Crippen molar-refractivity contribution in [3.63, 3.8) is 0 Å². The Kier molecular flexibility index (Phi) is 5.30. The third-order valence-corrected chi connectivity index (χ3v) is 4.90. The van der Waals surface area contributed by atoms with Crippen molar-refractivity contribution >= 4 is 23.3 Å². The van der Waals surface area contributed by atoms with E-state index in [0.29, 0.717) is 18.1 Å². The van der Waals surface area contributed by atoms with Crippen molar-refractivity contribution in [2.24, 2.45) is 0 Å². The molecular formula is C20H24N4O2. The van der Waals surface area contributed by atoms with E-state index in [1.165, 1.54) is 6.92 Å². The molecule has 1 aliphatic rings. The summed E-state index contributed by atoms with van der Waals surface area (Å²) in [6.07, 6.45) is 5.32. The first kappa shape index (κ1) is 18.0. The number of carbonyl (C=O) groups is 2. The zero-order chi connectivity index (χ0) is 18.6. The molecule has 1 saturated carbocycles. The highest BCUT2D eigenvalue weighted by molar-refractivity contribution is 5.95. The lowest BCUT2D eigenvalue weighted by Gasteiger charge is -2.27. The van der Waals surface area contributed by atoms with Gasteiger partial charge in [0.05, 0.1) is 11.1 Å². The number of benzene rings is 1. The van der Waals surface area contributed by atoms with E-state index in [2.05, 4.69) is 20.6 Å². The van der Waals surface area contributed by atoms with Crippen LogP contribution < -0.4 is 10.6 Å². The van der Waals surface area contributed by atoms with Gasteiger partial charge in [-0.1, -0.05) is 25.0 Å². The highest BCUT2D eigenvalue weighted by Crippen LogP contribution is 2.40. The molecule has 6 heteroatoms. The average Bonchev–Trinajstić information content (AvgIpc) is 3.13. The molecule has 26 heavy (non-hydrogen) atoms. The van der Waals surface area contributed by atoms with Crippen LogP contribution in [-0.2, 0) is 10.2 Å². The van der Waals surface area contributed by atoms with Gasteiger partial charge in [0, 0.05) is 24.0 Å². The van der Waals surface area contributed by atoms with Crippen molar-refractivity contribution in [1.82, 2.24) is 15.3 Å². The molecule has 1 heterocycles. The fourth-order valence-corrected chi connectivity index (χ4v) is 3.54. The lowest BCUT2D eigenvalue weighted by atomic mass is 9.81. The molecule has 1 aliphatic carbocycles. The molecule has 0 aliphatic heterocycles. The number of ketones is 1. The molecule has 1 aromatic heterocycles. The lowest BCUT2D eigenvalue weighted by molar-refractivity contribution is -0.126. The summed E-state index contributed by atoms with van der Waals surface area (Å²) >= 11 is 0. The molecule has 136 valence electrons. The highest BCUT2D eigenvalue weighted by Gasteiger charge is 2.43. The number of nitrogens with zero attached hydrogens (tertiary/aromatic N) is 2. The number of aromatic nitrogens is 2. The Balaban J connectivity index is 1.89. The van der Waals surface area contributed by atoms with E-state index in [0.717, 1.165) is 37.1 Å². The maximum Gasteiger partial charge on any atom is 0.232 e. The minimum absolute atomic E-state index is 0.00413. The molecule has 0 bridgehead atoms. The molecule has 2 N–H and O–H groups in total. The van der Waals surface area contributed by atoms with Crippen LogP contribution in [0.25, 0.3) is 0 Å². The van der Waals surface area contributed by atoms with E-state index >= 15 is 0 Å². The van der Waals surface area contributed by atoms with Gasteiger partial charge in [-0.15, -0.1) is 0 Å². The van der Waals surface area contributed by atoms with Crippen LogP contribution in [0.15, 0.2) is 36.5 Å². The molecule has 1 fully saturated rings. The first-order valence-corrected chi connectivity index (χ1v) is 9.05. The van der Waals surface area contributed by atoms with Crippen LogP contribution >= 0.6 is 0 Å². The summed E-state index contributed by atoms with van der Waals surface area (Å²) in [7, 11) is 0. The standard InChI is InChI=1S/C20H24N4O2/c1-3-21-18(26)20(10-4-5-11-20)17-9-12-22-19(24-17)23-16-8-6-7-15(13-16)14(2)25/h6-9,12-13H,3-5,10-11H2,1-2H3,(H,21,26)(H,22,23,24). The molecule has 0 unspecified atom stereocenters. The van der Waals surface area contributed by atoms with Crippen molar-refractivity contribution in [1.29, 1.82) is 0 Å². The van der Waals surface area contributed by atoms with Crippen LogP contribution in [-0.4, -0.2) is 28.2 Å². The third-order valence-electron chi connectivity index (χ3n) is 4.90. The zero-order valence-corrected chi connectivity index (χ0v) is 15.2. The van der Waals surface area contributed by atoms with Gasteiger partial charge in [-0.3, -0.25) is 9.59 Å². The Bertz CT molecular complexity index is 813. The van der Waals surface area contributed by atoms with E-state index < -0.39 is 5.41 Å². The SMILES string of the molecule is CCNC(=O)C1(c2ccnc(Nc3cccc(C(C)=O)c3)n2)CCCC1. The molecule has 0 spiro atoms. The van der Waals surface area contributed by atoms with Crippen molar-refractivity contribution in [3.05, 3.63) is 47.8 Å². The molecule has 6 nitrogen and oxygen atoms in total. The number of anilines is 2. The number of carbonyl (C=O) groups excluding carboxylic acids is 2. The van der Waals surface area contributed by atoms with Crippen molar-refractivity contribution in [3.8, 4) is 0 Å². The van der Waals surface area contributed by atoms with Crippen LogP contribution in [0.5, 0.6) is 0 Å². The number of hydrogen-bond acceptors (Lipinski definition) is 5. The predicted octanol–water partition coefficient (Wildman–Crippen LogP) is 3.37. The van der Waals surface area contributed by atoms with Crippen molar-refractivity contribution in [2.75, 3.05) is 11.9 Å². The topological polar surface area (TPSA) is 84.0 Å². The van der Waals surface area contributed by atoms with Crippen molar-refractivity contribution < 1.29 is 9.59 Å². The van der Waals surface area contributed by atoms with E-state index in [9.17, 15) is 9.59 Å². The second-order valence-corrected chi connectivity index (χ2v) is 6.68. The molecular weight excluding hydrogens is 328 g/mol. The first-order valence-electron chi connectivity index (χ1n) is 9.05. The number of rotatable bonds is 6. The number of Topliss-reactive ketones (excluding diaryl/α,β-unsaturated/α-hetero) is 1. The first-order chi connectivity index (χ1) is 12.5. The molecule has 0 radical (unpaired) electrons.